The minimum Gasteiger partial charge on any atom is -0.383 e. The van der Waals surface area contributed by atoms with Crippen LogP contribution in [-0.4, -0.2) is 42.9 Å². The zero-order chi connectivity index (χ0) is 13.7. The fourth-order valence-electron chi connectivity index (χ4n) is 1.48. The highest BCUT2D eigenvalue weighted by Gasteiger charge is 2.17. The molecule has 3 nitrogen and oxygen atoms in total. The smallest absolute Gasteiger partial charge is 0.254 e. The van der Waals surface area contributed by atoms with Crippen molar-refractivity contribution in [3.05, 3.63) is 31.8 Å². The SMILES string of the molecule is COCC(Br)CN(C)C(=O)c1cc(I)ccc1Br. The minimum absolute atomic E-state index is 0.000874. The maximum Gasteiger partial charge on any atom is 0.254 e. The monoisotopic (exact) mass is 489 g/mol. The van der Waals surface area contributed by atoms with Crippen LogP contribution < -0.4 is 0 Å². The fraction of sp³-hybridized carbons (Fsp3) is 0.417. The molecule has 1 aromatic rings. The zero-order valence-electron chi connectivity index (χ0n) is 10.1. The molecule has 0 radical (unpaired) electrons. The van der Waals surface area contributed by atoms with Crippen molar-refractivity contribution in [1.82, 2.24) is 4.90 Å². The predicted octanol–water partition coefficient (Wildman–Crippen LogP) is 3.54. The molecule has 0 aliphatic carbocycles. The lowest BCUT2D eigenvalue weighted by molar-refractivity contribution is 0.0783. The third kappa shape index (κ3) is 4.79. The third-order valence-electron chi connectivity index (χ3n) is 2.32. The van der Waals surface area contributed by atoms with Crippen molar-refractivity contribution in [3.63, 3.8) is 0 Å². The van der Waals surface area contributed by atoms with Crippen LogP contribution in [0.15, 0.2) is 22.7 Å². The van der Waals surface area contributed by atoms with Crippen LogP contribution in [0.25, 0.3) is 0 Å². The Morgan fingerprint density at radius 2 is 2.22 bits per heavy atom. The molecule has 1 atom stereocenters. The summed E-state index contributed by atoms with van der Waals surface area (Å²) in [4.78, 5) is 14.1. The van der Waals surface area contributed by atoms with Gasteiger partial charge in [-0.25, -0.2) is 0 Å². The maximum absolute atomic E-state index is 12.3. The number of amides is 1. The van der Waals surface area contributed by atoms with E-state index in [1.54, 1.807) is 19.1 Å². The zero-order valence-corrected chi connectivity index (χ0v) is 15.5. The van der Waals surface area contributed by atoms with Crippen molar-refractivity contribution in [2.75, 3.05) is 27.3 Å². The molecule has 0 spiro atoms. The summed E-state index contributed by atoms with van der Waals surface area (Å²) in [5.74, 6) is 0.000874. The van der Waals surface area contributed by atoms with Crippen molar-refractivity contribution >= 4 is 60.4 Å². The molecule has 1 rings (SSSR count). The van der Waals surface area contributed by atoms with Crippen molar-refractivity contribution in [3.8, 4) is 0 Å². The fourth-order valence-corrected chi connectivity index (χ4v) is 3.09. The second kappa shape index (κ2) is 7.81. The van der Waals surface area contributed by atoms with E-state index in [0.717, 1.165) is 8.04 Å². The standard InChI is InChI=1S/C12H14Br2INO2/c1-16(6-8(13)7-18-2)12(17)10-5-9(15)3-4-11(10)14/h3-5,8H,6-7H2,1-2H3. The molecular formula is C12H14Br2INO2. The number of hydrogen-bond acceptors (Lipinski definition) is 2. The van der Waals surface area contributed by atoms with E-state index in [2.05, 4.69) is 54.5 Å². The first-order chi connectivity index (χ1) is 8.45. The molecule has 0 aromatic heterocycles. The maximum atomic E-state index is 12.3. The van der Waals surface area contributed by atoms with Gasteiger partial charge in [0.2, 0.25) is 0 Å². The van der Waals surface area contributed by atoms with E-state index < -0.39 is 0 Å². The molecule has 0 saturated heterocycles. The van der Waals surface area contributed by atoms with E-state index in [1.807, 2.05) is 18.2 Å². The number of halogens is 3. The number of carbonyl (C=O) groups excluding carboxylic acids is 1. The van der Waals surface area contributed by atoms with Gasteiger partial charge in [-0.1, -0.05) is 15.9 Å². The van der Waals surface area contributed by atoms with Crippen molar-refractivity contribution in [2.24, 2.45) is 0 Å². The summed E-state index contributed by atoms with van der Waals surface area (Å²) >= 11 is 9.09. The van der Waals surface area contributed by atoms with Crippen LogP contribution in [0.4, 0.5) is 0 Å². The number of nitrogens with zero attached hydrogens (tertiary/aromatic N) is 1. The Morgan fingerprint density at radius 3 is 2.83 bits per heavy atom. The molecule has 6 heteroatoms. The van der Waals surface area contributed by atoms with Crippen LogP contribution >= 0.6 is 54.5 Å². The van der Waals surface area contributed by atoms with Gasteiger partial charge in [0.25, 0.3) is 5.91 Å². The molecule has 0 fully saturated rings. The van der Waals surface area contributed by atoms with E-state index in [9.17, 15) is 4.79 Å². The summed E-state index contributed by atoms with van der Waals surface area (Å²) in [5, 5.41) is 0. The van der Waals surface area contributed by atoms with E-state index in [0.29, 0.717) is 18.7 Å². The highest BCUT2D eigenvalue weighted by Crippen LogP contribution is 2.21. The van der Waals surface area contributed by atoms with Gasteiger partial charge in [-0.05, 0) is 56.7 Å². The van der Waals surface area contributed by atoms with Crippen LogP contribution in [0, 0.1) is 3.57 Å². The number of carbonyl (C=O) groups is 1. The Morgan fingerprint density at radius 1 is 1.56 bits per heavy atom. The molecule has 1 unspecified atom stereocenters. The van der Waals surface area contributed by atoms with E-state index >= 15 is 0 Å². The second-order valence-electron chi connectivity index (χ2n) is 3.86. The molecule has 0 aliphatic heterocycles. The average Bonchev–Trinajstić information content (AvgIpc) is 2.31. The van der Waals surface area contributed by atoms with Crippen LogP contribution in [0.3, 0.4) is 0 Å². The first-order valence-electron chi connectivity index (χ1n) is 5.29. The van der Waals surface area contributed by atoms with Crippen LogP contribution in [-0.2, 0) is 4.74 Å². The van der Waals surface area contributed by atoms with Crippen LogP contribution in [0.2, 0.25) is 0 Å². The normalized spacial score (nSPS) is 12.3. The van der Waals surface area contributed by atoms with Crippen molar-refractivity contribution in [1.29, 1.82) is 0 Å². The average molecular weight is 491 g/mol. The molecule has 0 bridgehead atoms. The summed E-state index contributed by atoms with van der Waals surface area (Å²) in [6.45, 7) is 1.18. The summed E-state index contributed by atoms with van der Waals surface area (Å²) in [7, 11) is 3.44. The van der Waals surface area contributed by atoms with Crippen LogP contribution in [0.1, 0.15) is 10.4 Å². The highest BCUT2D eigenvalue weighted by atomic mass is 127. The molecule has 1 aromatic carbocycles. The van der Waals surface area contributed by atoms with Gasteiger partial charge in [-0.3, -0.25) is 4.79 Å². The van der Waals surface area contributed by atoms with Gasteiger partial charge >= 0.3 is 0 Å². The number of hydrogen-bond donors (Lipinski definition) is 0. The number of methoxy groups -OCH3 is 1. The van der Waals surface area contributed by atoms with Gasteiger partial charge in [0.1, 0.15) is 0 Å². The molecular weight excluding hydrogens is 477 g/mol. The molecule has 18 heavy (non-hydrogen) atoms. The molecule has 0 aliphatic rings. The lowest BCUT2D eigenvalue weighted by Crippen LogP contribution is -2.33. The predicted molar refractivity (Wildman–Crippen MR) is 88.4 cm³/mol. The molecule has 0 N–H and O–H groups in total. The van der Waals surface area contributed by atoms with Gasteiger partial charge in [0, 0.05) is 28.7 Å². The van der Waals surface area contributed by atoms with Crippen molar-refractivity contribution in [2.45, 2.75) is 4.83 Å². The number of ether oxygens (including phenoxy) is 1. The Bertz CT molecular complexity index is 429. The number of benzene rings is 1. The molecule has 1 amide bonds. The lowest BCUT2D eigenvalue weighted by atomic mass is 10.2. The number of alkyl halides is 1. The lowest BCUT2D eigenvalue weighted by Gasteiger charge is -2.21. The Hall–Kier alpha value is 0.340. The quantitative estimate of drug-likeness (QED) is 0.467. The Kier molecular flexibility index (Phi) is 7.12. The van der Waals surface area contributed by atoms with Gasteiger partial charge in [0.05, 0.1) is 17.0 Å². The van der Waals surface area contributed by atoms with Crippen molar-refractivity contribution < 1.29 is 9.53 Å². The van der Waals surface area contributed by atoms with Gasteiger partial charge in [-0.2, -0.15) is 0 Å². The topological polar surface area (TPSA) is 29.5 Å². The summed E-state index contributed by atoms with van der Waals surface area (Å²) in [6, 6.07) is 5.73. The Labute approximate surface area is 138 Å². The van der Waals surface area contributed by atoms with Gasteiger partial charge in [0.15, 0.2) is 0 Å². The van der Waals surface area contributed by atoms with Gasteiger partial charge in [-0.15, -0.1) is 0 Å². The van der Waals surface area contributed by atoms with E-state index in [1.165, 1.54) is 0 Å². The molecule has 100 valence electrons. The molecule has 0 saturated carbocycles. The largest absolute Gasteiger partial charge is 0.383 e. The van der Waals surface area contributed by atoms with Gasteiger partial charge < -0.3 is 9.64 Å². The first kappa shape index (κ1) is 16.4. The third-order valence-corrected chi connectivity index (χ3v) is 4.24. The molecule has 0 heterocycles. The summed E-state index contributed by atoms with van der Waals surface area (Å²) in [5.41, 5.74) is 0.682. The first-order valence-corrected chi connectivity index (χ1v) is 8.08. The summed E-state index contributed by atoms with van der Waals surface area (Å²) in [6.07, 6.45) is 0. The minimum atomic E-state index is 0.000874. The Balaban J connectivity index is 2.77. The van der Waals surface area contributed by atoms with E-state index in [-0.39, 0.29) is 10.7 Å². The van der Waals surface area contributed by atoms with Crippen LogP contribution in [0.5, 0.6) is 0 Å². The summed E-state index contributed by atoms with van der Waals surface area (Å²) < 4.78 is 6.90. The second-order valence-corrected chi connectivity index (χ2v) is 7.26. The van der Waals surface area contributed by atoms with E-state index in [4.69, 9.17) is 4.74 Å². The highest BCUT2D eigenvalue weighted by molar-refractivity contribution is 14.1. The number of rotatable bonds is 5.